The number of nitrogens with zero attached hydrogens (tertiary/aromatic N) is 3. The zero-order valence-corrected chi connectivity index (χ0v) is 5.92. The molecule has 2 N–H and O–H groups in total. The largest absolute Gasteiger partial charge is 0.396 e. The van der Waals surface area contributed by atoms with Crippen LogP contribution >= 0.6 is 0 Å². The van der Waals surface area contributed by atoms with Gasteiger partial charge in [-0.05, 0) is 12.1 Å². The predicted molar refractivity (Wildman–Crippen MR) is 45.8 cm³/mol. The number of aromatic nitrogens is 3. The summed E-state index contributed by atoms with van der Waals surface area (Å²) < 4.78 is 45.8. The third kappa shape index (κ3) is 1.14. The van der Waals surface area contributed by atoms with Gasteiger partial charge >= 0.3 is 0 Å². The summed E-state index contributed by atoms with van der Waals surface area (Å²) in [5.41, 5.74) is 5.01. The molecule has 2 heterocycles. The number of nitrogens with two attached hydrogens (primary N) is 1. The van der Waals surface area contributed by atoms with Crippen LogP contribution in [0, 0.1) is 0 Å². The van der Waals surface area contributed by atoms with E-state index >= 15 is 0 Å². The molecule has 4 nitrogen and oxygen atoms in total. The standard InChI is InChI=1S/C8H8N4/c9-7-4-11-12(6-7)8-2-1-3-10-5-8/h1-6H,9H2/i1D,2D,3D,4D,5D,6D. The van der Waals surface area contributed by atoms with Gasteiger partial charge in [0.2, 0.25) is 0 Å². The maximum absolute atomic E-state index is 7.68. The van der Waals surface area contributed by atoms with Crippen LogP contribution in [-0.2, 0) is 0 Å². The fourth-order valence-electron chi connectivity index (χ4n) is 0.698. The van der Waals surface area contributed by atoms with Crippen LogP contribution in [0.4, 0.5) is 5.69 Å². The van der Waals surface area contributed by atoms with Crippen LogP contribution in [0.2, 0.25) is 0 Å². The highest BCUT2D eigenvalue weighted by molar-refractivity contribution is 5.36. The summed E-state index contributed by atoms with van der Waals surface area (Å²) in [6, 6.07) is -0.919. The normalized spacial score (nSPS) is 17.0. The fraction of sp³-hybridized carbons (Fsp3) is 0. The van der Waals surface area contributed by atoms with Crippen molar-refractivity contribution in [1.82, 2.24) is 14.8 Å². The fourth-order valence-corrected chi connectivity index (χ4v) is 0.698. The van der Waals surface area contributed by atoms with Gasteiger partial charge in [0, 0.05) is 6.17 Å². The Morgan fingerprint density at radius 3 is 3.17 bits per heavy atom. The highest BCUT2D eigenvalue weighted by Crippen LogP contribution is 2.06. The molecule has 60 valence electrons. The van der Waals surface area contributed by atoms with Crippen LogP contribution in [0.25, 0.3) is 5.69 Å². The van der Waals surface area contributed by atoms with E-state index in [1.54, 1.807) is 0 Å². The van der Waals surface area contributed by atoms with E-state index in [9.17, 15) is 0 Å². The molecule has 0 fully saturated rings. The van der Waals surface area contributed by atoms with Gasteiger partial charge in [-0.25, -0.2) is 4.68 Å². The van der Waals surface area contributed by atoms with Crippen LogP contribution in [0.5, 0.6) is 0 Å². The molecule has 4 heteroatoms. The molecule has 0 saturated heterocycles. The first-order valence-electron chi connectivity index (χ1n) is 6.11. The summed E-state index contributed by atoms with van der Waals surface area (Å²) in [5, 5.41) is 3.62. The van der Waals surface area contributed by atoms with Crippen molar-refractivity contribution in [1.29, 1.82) is 0 Å². The van der Waals surface area contributed by atoms with Gasteiger partial charge in [-0.15, -0.1) is 0 Å². The summed E-state index contributed by atoms with van der Waals surface area (Å²) in [4.78, 5) is 3.47. The average molecular weight is 166 g/mol. The number of pyridine rings is 1. The topological polar surface area (TPSA) is 56.7 Å². The Bertz CT molecular complexity index is 637. The van der Waals surface area contributed by atoms with E-state index in [-0.39, 0.29) is 23.7 Å². The van der Waals surface area contributed by atoms with E-state index in [1.807, 2.05) is 0 Å². The molecule has 2 aromatic rings. The molecule has 0 aliphatic heterocycles. The molecule has 0 spiro atoms. The smallest absolute Gasteiger partial charge is 0.0882 e. The molecule has 0 unspecified atom stereocenters. The minimum atomic E-state index is -0.494. The lowest BCUT2D eigenvalue weighted by atomic mass is 10.4. The van der Waals surface area contributed by atoms with Gasteiger partial charge in [-0.2, -0.15) is 5.10 Å². The van der Waals surface area contributed by atoms with Crippen molar-refractivity contribution >= 4 is 5.69 Å². The Labute approximate surface area is 78.1 Å². The SMILES string of the molecule is [2H]c1nc([2H])c(-n2nc([2H])c(N)c2[2H])c([2H])c1[2H]. The Kier molecular flexibility index (Phi) is 0.640. The number of rotatable bonds is 1. The van der Waals surface area contributed by atoms with Gasteiger partial charge in [0.15, 0.2) is 0 Å². The predicted octanol–water partition coefficient (Wildman–Crippen LogP) is 0.849. The maximum Gasteiger partial charge on any atom is 0.0882 e. The van der Waals surface area contributed by atoms with E-state index < -0.39 is 24.4 Å². The molecule has 0 atom stereocenters. The average Bonchev–Trinajstić information content (AvgIpc) is 2.55. The van der Waals surface area contributed by atoms with E-state index in [1.165, 1.54) is 0 Å². The van der Waals surface area contributed by atoms with E-state index in [4.69, 9.17) is 14.0 Å². The summed E-state index contributed by atoms with van der Waals surface area (Å²) in [7, 11) is 0. The van der Waals surface area contributed by atoms with E-state index in [2.05, 4.69) is 10.1 Å². The lowest BCUT2D eigenvalue weighted by Gasteiger charge is -1.97. The first-order chi connectivity index (χ1) is 8.34. The Hall–Kier alpha value is -1.84. The van der Waals surface area contributed by atoms with Crippen LogP contribution < -0.4 is 5.73 Å². The molecule has 12 heavy (non-hydrogen) atoms. The summed E-state index contributed by atoms with van der Waals surface area (Å²) in [6.07, 6.45) is -1.65. The zero-order chi connectivity index (χ0) is 13.6. The highest BCUT2D eigenvalue weighted by Gasteiger charge is 1.95. The molecule has 0 aromatic carbocycles. The second-order valence-electron chi connectivity index (χ2n) is 1.98. The van der Waals surface area contributed by atoms with Crippen LogP contribution in [-0.4, -0.2) is 14.8 Å². The first kappa shape index (κ1) is 2.90. The summed E-state index contributed by atoms with van der Waals surface area (Å²) in [5.74, 6) is 0. The lowest BCUT2D eigenvalue weighted by molar-refractivity contribution is 0.874. The number of anilines is 1. The van der Waals surface area contributed by atoms with Crippen molar-refractivity contribution < 1.29 is 8.22 Å². The van der Waals surface area contributed by atoms with Gasteiger partial charge in [-0.3, -0.25) is 4.98 Å². The van der Waals surface area contributed by atoms with Crippen molar-refractivity contribution in [3.8, 4) is 5.69 Å². The molecule has 0 bridgehead atoms. The third-order valence-corrected chi connectivity index (χ3v) is 1.16. The minimum Gasteiger partial charge on any atom is -0.396 e. The summed E-state index contributed by atoms with van der Waals surface area (Å²) >= 11 is 0. The Morgan fingerprint density at radius 1 is 1.50 bits per heavy atom. The second-order valence-corrected chi connectivity index (χ2v) is 1.98. The molecule has 0 saturated carbocycles. The van der Waals surface area contributed by atoms with Crippen LogP contribution in [0.3, 0.4) is 0 Å². The first-order valence-corrected chi connectivity index (χ1v) is 3.11. The molecule has 2 aromatic heterocycles. The minimum absolute atomic E-state index is 0.185. The number of nitrogen functional groups attached to an aromatic ring is 1. The van der Waals surface area contributed by atoms with Gasteiger partial charge in [0.05, 0.1) is 38.1 Å². The van der Waals surface area contributed by atoms with Gasteiger partial charge in [0.1, 0.15) is 0 Å². The highest BCUT2D eigenvalue weighted by atomic mass is 15.3. The van der Waals surface area contributed by atoms with Crippen molar-refractivity contribution in [3.05, 3.63) is 36.8 Å². The number of hydrogen-bond donors (Lipinski definition) is 1. The van der Waals surface area contributed by atoms with Crippen molar-refractivity contribution in [3.63, 3.8) is 0 Å². The maximum atomic E-state index is 7.68. The molecule has 0 aliphatic carbocycles. The molecule has 0 amide bonds. The van der Waals surface area contributed by atoms with Crippen LogP contribution in [0.15, 0.2) is 36.8 Å². The monoisotopic (exact) mass is 166 g/mol. The van der Waals surface area contributed by atoms with Gasteiger partial charge in [0.25, 0.3) is 0 Å². The number of hydrogen-bond acceptors (Lipinski definition) is 3. The molecule has 0 radical (unpaired) electrons. The van der Waals surface area contributed by atoms with E-state index in [0.717, 1.165) is 4.68 Å². The molecule has 2 rings (SSSR count). The summed E-state index contributed by atoms with van der Waals surface area (Å²) in [6.45, 7) is 0. The van der Waals surface area contributed by atoms with Crippen molar-refractivity contribution in [2.45, 2.75) is 0 Å². The Balaban J connectivity index is 2.79. The molecular weight excluding hydrogens is 152 g/mol. The van der Waals surface area contributed by atoms with Crippen LogP contribution in [0.1, 0.15) is 8.22 Å². The molecule has 0 aliphatic rings. The van der Waals surface area contributed by atoms with Gasteiger partial charge in [-0.1, -0.05) is 0 Å². The van der Waals surface area contributed by atoms with Crippen molar-refractivity contribution in [2.24, 2.45) is 0 Å². The Morgan fingerprint density at radius 2 is 2.42 bits per heavy atom. The quantitative estimate of drug-likeness (QED) is 0.683. The van der Waals surface area contributed by atoms with E-state index in [0.29, 0.717) is 0 Å². The second kappa shape index (κ2) is 2.65. The lowest BCUT2D eigenvalue weighted by Crippen LogP contribution is -1.93. The zero-order valence-electron chi connectivity index (χ0n) is 11.9. The van der Waals surface area contributed by atoms with Crippen molar-refractivity contribution in [2.75, 3.05) is 5.73 Å². The van der Waals surface area contributed by atoms with Gasteiger partial charge < -0.3 is 5.73 Å². The third-order valence-electron chi connectivity index (χ3n) is 1.16. The molecular formula is C8H8N4.